The van der Waals surface area contributed by atoms with Gasteiger partial charge in [0.2, 0.25) is 12.0 Å². The summed E-state index contributed by atoms with van der Waals surface area (Å²) in [7, 11) is 3.15. The lowest BCUT2D eigenvalue weighted by molar-refractivity contribution is -0.851. The molecule has 1 fully saturated rings. The van der Waals surface area contributed by atoms with Crippen molar-refractivity contribution >= 4 is 18.2 Å². The fourth-order valence-corrected chi connectivity index (χ4v) is 7.98. The van der Waals surface area contributed by atoms with Crippen molar-refractivity contribution in [3.05, 3.63) is 100 Å². The standard InChI is InChI=1S/C40H40N2O13/c1-49-26-9-8-24-33-27(12-20-6-4-3-5-7-20)53-28-14-23(52-40-36(48)35(47)34(46)29(54-40)19-51-31(45)15-30(43)44)13-22(17-42-16-21-10-11-41-25(21)18-42)32(28)39(33)55-37(24)38(26)50-2/h3-11,13-14,18,27,29,33-36,39-40,46-48H,12,15-17,19H2,1-2H3,(H,43,44)/p+1/t27-,29-,33-,34-,35+,36-,39+,40-/m1/s1. The van der Waals surface area contributed by atoms with Crippen molar-refractivity contribution in [2.45, 2.75) is 68.2 Å². The monoisotopic (exact) mass is 757 g/mol. The quantitative estimate of drug-likeness (QED) is 0.132. The summed E-state index contributed by atoms with van der Waals surface area (Å²) in [6.45, 7) is 0.588. The predicted molar refractivity (Wildman–Crippen MR) is 191 cm³/mol. The number of hydrogen-bond acceptors (Lipinski definition) is 13. The normalized spacial score (nSPS) is 28.3. The number of carbonyl (C=O) groups is 2. The molecule has 15 nitrogen and oxygen atoms in total. The van der Waals surface area contributed by atoms with E-state index in [1.165, 1.54) is 0 Å². The number of carbonyl (C=O) groups excluding carboxylic acids is 1. The summed E-state index contributed by atoms with van der Waals surface area (Å²) in [6.07, 6.45) is -3.37. The number of aliphatic hydroxyl groups excluding tert-OH is 3. The number of carboxylic acids is 1. The summed E-state index contributed by atoms with van der Waals surface area (Å²) in [5, 5.41) is 41.3. The molecule has 0 aliphatic carbocycles. The van der Waals surface area contributed by atoms with E-state index in [-0.39, 0.29) is 11.7 Å². The zero-order chi connectivity index (χ0) is 38.4. The van der Waals surface area contributed by atoms with E-state index in [2.05, 4.69) is 11.2 Å². The molecule has 0 bridgehead atoms. The molecule has 0 radical (unpaired) electrons. The van der Waals surface area contributed by atoms with Crippen molar-refractivity contribution in [1.82, 2.24) is 0 Å². The van der Waals surface area contributed by atoms with E-state index in [0.717, 1.165) is 38.4 Å². The smallest absolute Gasteiger partial charge is 0.317 e. The van der Waals surface area contributed by atoms with Crippen LogP contribution in [0.1, 0.15) is 40.7 Å². The number of fused-ring (bicyclic) bond motifs is 6. The summed E-state index contributed by atoms with van der Waals surface area (Å²) in [5.74, 6) is -0.374. The van der Waals surface area contributed by atoms with Crippen molar-refractivity contribution in [3.63, 3.8) is 0 Å². The molecule has 1 unspecified atom stereocenters. The van der Waals surface area contributed by atoms with E-state index < -0.39 is 67.9 Å². The van der Waals surface area contributed by atoms with Gasteiger partial charge in [0.1, 0.15) is 86.1 Å². The summed E-state index contributed by atoms with van der Waals surface area (Å²) >= 11 is 0. The highest BCUT2D eigenvalue weighted by Gasteiger charge is 2.50. The molecule has 3 aromatic rings. The highest BCUT2D eigenvalue weighted by molar-refractivity contribution is 5.90. The minimum absolute atomic E-state index is 0.235. The number of esters is 1. The second-order valence-electron chi connectivity index (χ2n) is 14.0. The molecule has 9 atom stereocenters. The zero-order valence-electron chi connectivity index (χ0n) is 30.0. The van der Waals surface area contributed by atoms with Gasteiger partial charge in [-0.25, -0.2) is 0 Å². The number of benzene rings is 3. The lowest BCUT2D eigenvalue weighted by atomic mass is 9.80. The van der Waals surface area contributed by atoms with Crippen LogP contribution < -0.4 is 28.6 Å². The molecule has 5 heterocycles. The van der Waals surface area contributed by atoms with E-state index >= 15 is 0 Å². The lowest BCUT2D eigenvalue weighted by Crippen LogP contribution is -3.04. The molecule has 0 spiro atoms. The number of aliphatic carboxylic acids is 1. The number of allylic oxidation sites excluding steroid dienone is 1. The summed E-state index contributed by atoms with van der Waals surface area (Å²) in [6, 6.07) is 17.3. The number of aliphatic imine (C=N–C) groups is 1. The Labute approximate surface area is 315 Å². The van der Waals surface area contributed by atoms with Gasteiger partial charge in [0.05, 0.1) is 20.1 Å². The maximum atomic E-state index is 11.9. The molecule has 0 aromatic heterocycles. The Morgan fingerprint density at radius 3 is 2.53 bits per heavy atom. The molecular formula is C40H41N2O13+. The van der Waals surface area contributed by atoms with Gasteiger partial charge in [-0.1, -0.05) is 36.4 Å². The van der Waals surface area contributed by atoms with Crippen LogP contribution in [0.5, 0.6) is 28.7 Å². The maximum Gasteiger partial charge on any atom is 0.317 e. The molecule has 5 aliphatic rings. The summed E-state index contributed by atoms with van der Waals surface area (Å²) < 4.78 is 42.3. The number of rotatable bonds is 12. The van der Waals surface area contributed by atoms with Gasteiger partial charge in [-0.2, -0.15) is 0 Å². The van der Waals surface area contributed by atoms with Crippen LogP contribution in [0, 0.1) is 0 Å². The highest BCUT2D eigenvalue weighted by Crippen LogP contribution is 2.59. The Kier molecular flexibility index (Phi) is 9.96. The number of nitrogens with one attached hydrogen (secondary N) is 1. The number of aliphatic hydroxyl groups is 3. The van der Waals surface area contributed by atoms with E-state index in [1.807, 2.05) is 54.6 Å². The Morgan fingerprint density at radius 2 is 1.78 bits per heavy atom. The van der Waals surface area contributed by atoms with Crippen LogP contribution in [0.15, 0.2) is 83.1 Å². The van der Waals surface area contributed by atoms with Crippen LogP contribution in [0.4, 0.5) is 0 Å². The Morgan fingerprint density at radius 1 is 0.964 bits per heavy atom. The van der Waals surface area contributed by atoms with Crippen LogP contribution in [0.25, 0.3) is 0 Å². The Bertz CT molecular complexity index is 2070. The number of hydrogen-bond donors (Lipinski definition) is 5. The van der Waals surface area contributed by atoms with Crippen molar-refractivity contribution in [1.29, 1.82) is 0 Å². The third-order valence-corrected chi connectivity index (χ3v) is 10.5. The van der Waals surface area contributed by atoms with Crippen LogP contribution in [-0.4, -0.2) is 103 Å². The molecule has 0 amide bonds. The lowest BCUT2D eigenvalue weighted by Gasteiger charge is -2.40. The summed E-state index contributed by atoms with van der Waals surface area (Å²) in [4.78, 5) is 28.4. The van der Waals surface area contributed by atoms with Crippen LogP contribution >= 0.6 is 0 Å². The van der Waals surface area contributed by atoms with Crippen molar-refractivity contribution in [2.24, 2.45) is 4.99 Å². The third kappa shape index (κ3) is 7.00. The first kappa shape index (κ1) is 36.5. The first-order valence-corrected chi connectivity index (χ1v) is 17.9. The Balaban J connectivity index is 1.17. The molecule has 1 saturated heterocycles. The van der Waals surface area contributed by atoms with E-state index in [0.29, 0.717) is 42.5 Å². The molecule has 5 aliphatic heterocycles. The molecule has 0 saturated carbocycles. The average molecular weight is 758 g/mol. The van der Waals surface area contributed by atoms with Gasteiger partial charge in [0.15, 0.2) is 11.5 Å². The molecule has 55 heavy (non-hydrogen) atoms. The topological polar surface area (TPSA) is 196 Å². The van der Waals surface area contributed by atoms with Gasteiger partial charge >= 0.3 is 11.9 Å². The van der Waals surface area contributed by atoms with Gasteiger partial charge in [0.25, 0.3) is 0 Å². The second kappa shape index (κ2) is 15.0. The zero-order valence-corrected chi connectivity index (χ0v) is 30.0. The first-order chi connectivity index (χ1) is 26.6. The molecular weight excluding hydrogens is 716 g/mol. The summed E-state index contributed by atoms with van der Waals surface area (Å²) in [5.41, 5.74) is 5.65. The minimum Gasteiger partial charge on any atom is -0.493 e. The van der Waals surface area contributed by atoms with Crippen molar-refractivity contribution in [2.75, 3.05) is 27.4 Å². The number of nitrogens with zero attached hydrogens (tertiary/aromatic N) is 1. The SMILES string of the molecule is COc1ccc2c(c1OC)O[C@H]1c3c(C[NH+]4C=C5N=CC=C5C4)cc(O[C@@H]4O[C@H](COC(=O)CC(=O)O)[C@@H](O)[C@H](O)[C@H]4O)cc3O[C@H](Cc3ccccc3)[C@@H]21. The van der Waals surface area contributed by atoms with E-state index in [4.69, 9.17) is 38.3 Å². The van der Waals surface area contributed by atoms with Crippen LogP contribution in [0.2, 0.25) is 0 Å². The number of quaternary nitrogens is 1. The fourth-order valence-electron chi connectivity index (χ4n) is 7.98. The van der Waals surface area contributed by atoms with Gasteiger partial charge < -0.3 is 53.6 Å². The molecule has 8 rings (SSSR count). The van der Waals surface area contributed by atoms with Crippen LogP contribution in [0.3, 0.4) is 0 Å². The molecule has 288 valence electrons. The van der Waals surface area contributed by atoms with Gasteiger partial charge in [-0.3, -0.25) is 19.5 Å². The van der Waals surface area contributed by atoms with E-state index in [1.54, 1.807) is 26.5 Å². The van der Waals surface area contributed by atoms with Crippen molar-refractivity contribution in [3.8, 4) is 28.7 Å². The minimum atomic E-state index is -1.74. The van der Waals surface area contributed by atoms with Crippen molar-refractivity contribution < 1.29 is 68.1 Å². The largest absolute Gasteiger partial charge is 0.493 e. The maximum absolute atomic E-state index is 11.9. The molecule has 5 N–H and O–H groups in total. The highest BCUT2D eigenvalue weighted by atomic mass is 16.7. The third-order valence-electron chi connectivity index (χ3n) is 10.5. The number of methoxy groups -OCH3 is 2. The fraction of sp³-hybridized carbons (Fsp3) is 0.375. The van der Waals surface area contributed by atoms with Crippen LogP contribution in [-0.2, 0) is 32.0 Å². The first-order valence-electron chi connectivity index (χ1n) is 17.9. The van der Waals surface area contributed by atoms with Gasteiger partial charge in [-0.15, -0.1) is 0 Å². The molecule has 3 aromatic carbocycles. The van der Waals surface area contributed by atoms with E-state index in [9.17, 15) is 24.9 Å². The Hall–Kier alpha value is -5.45. The second-order valence-corrected chi connectivity index (χ2v) is 14.0. The predicted octanol–water partition coefficient (Wildman–Crippen LogP) is 1.38. The number of ether oxygens (including phenoxy) is 7. The van der Waals surface area contributed by atoms with Gasteiger partial charge in [-0.05, 0) is 23.8 Å². The molecule has 15 heteroatoms. The average Bonchev–Trinajstić information content (AvgIpc) is 3.88. The number of carboxylic acid groups (broad SMARTS) is 1. The van der Waals surface area contributed by atoms with Gasteiger partial charge in [0, 0.05) is 41.0 Å².